The Hall–Kier alpha value is -3.33. The van der Waals surface area contributed by atoms with Crippen LogP contribution in [0.2, 0.25) is 5.02 Å². The van der Waals surface area contributed by atoms with Gasteiger partial charge in [0.1, 0.15) is 18.2 Å². The summed E-state index contributed by atoms with van der Waals surface area (Å²) in [5, 5.41) is 0.304. The van der Waals surface area contributed by atoms with Crippen LogP contribution < -0.4 is 9.64 Å². The highest BCUT2D eigenvalue weighted by molar-refractivity contribution is 6.30. The van der Waals surface area contributed by atoms with E-state index >= 15 is 0 Å². The Labute approximate surface area is 200 Å². The summed E-state index contributed by atoms with van der Waals surface area (Å²) in [5.74, 6) is 0.649. The van der Waals surface area contributed by atoms with E-state index in [1.54, 1.807) is 12.3 Å². The third-order valence-corrected chi connectivity index (χ3v) is 6.45. The second kappa shape index (κ2) is 9.50. The van der Waals surface area contributed by atoms with Crippen molar-refractivity contribution in [1.29, 1.82) is 0 Å². The van der Waals surface area contributed by atoms with Crippen LogP contribution in [0.5, 0.6) is 6.01 Å². The number of piperidine rings is 1. The van der Waals surface area contributed by atoms with Gasteiger partial charge in [0.15, 0.2) is 17.3 Å². The third-order valence-electron chi connectivity index (χ3n) is 6.21. The van der Waals surface area contributed by atoms with E-state index in [1.165, 1.54) is 12.1 Å². The lowest BCUT2D eigenvalue weighted by molar-refractivity contribution is 0.273. The van der Waals surface area contributed by atoms with Crippen LogP contribution in [0.15, 0.2) is 42.7 Å². The zero-order valence-electron chi connectivity index (χ0n) is 18.6. The predicted octanol–water partition coefficient (Wildman–Crippen LogP) is 4.73. The molecule has 0 amide bonds. The van der Waals surface area contributed by atoms with Gasteiger partial charge in [0, 0.05) is 43.3 Å². The van der Waals surface area contributed by atoms with E-state index in [0.29, 0.717) is 29.6 Å². The van der Waals surface area contributed by atoms with Crippen LogP contribution in [-0.4, -0.2) is 37.6 Å². The average Bonchev–Trinajstić information content (AvgIpc) is 3.15. The smallest absolute Gasteiger partial charge is 0.318 e. The normalized spacial score (nSPS) is 14.6. The van der Waals surface area contributed by atoms with Gasteiger partial charge in [-0.05, 0) is 43.0 Å². The number of nitrogens with zero attached hydrogens (tertiary/aromatic N) is 6. The molecular formula is C24H23ClF2N6O. The first-order valence-corrected chi connectivity index (χ1v) is 11.5. The van der Waals surface area contributed by atoms with Gasteiger partial charge in [0.2, 0.25) is 0 Å². The van der Waals surface area contributed by atoms with Crippen molar-refractivity contribution in [2.75, 3.05) is 18.0 Å². The molecule has 4 aromatic rings. The summed E-state index contributed by atoms with van der Waals surface area (Å²) in [5.41, 5.74) is 2.09. The van der Waals surface area contributed by atoms with Gasteiger partial charge in [-0.25, -0.2) is 23.7 Å². The van der Waals surface area contributed by atoms with Crippen LogP contribution in [0.3, 0.4) is 0 Å². The van der Waals surface area contributed by atoms with Gasteiger partial charge >= 0.3 is 6.01 Å². The zero-order chi connectivity index (χ0) is 23.7. The molecule has 34 heavy (non-hydrogen) atoms. The molecule has 1 aliphatic rings. The first-order valence-electron chi connectivity index (χ1n) is 11.1. The first kappa shape index (κ1) is 22.5. The van der Waals surface area contributed by atoms with E-state index in [2.05, 4.69) is 24.5 Å². The van der Waals surface area contributed by atoms with E-state index in [-0.39, 0.29) is 18.4 Å². The molecule has 0 radical (unpaired) electrons. The summed E-state index contributed by atoms with van der Waals surface area (Å²) in [6.07, 6.45) is 5.44. The van der Waals surface area contributed by atoms with Gasteiger partial charge in [-0.1, -0.05) is 17.7 Å². The molecule has 0 bridgehead atoms. The number of halogens is 3. The van der Waals surface area contributed by atoms with Crippen LogP contribution in [0.25, 0.3) is 11.2 Å². The second-order valence-corrected chi connectivity index (χ2v) is 8.85. The molecular weight excluding hydrogens is 462 g/mol. The molecule has 4 heterocycles. The van der Waals surface area contributed by atoms with E-state index < -0.39 is 11.6 Å². The SMILES string of the molecule is Cn1c(CC2CCN(c3nc(OCc4ccc(Cl)cc4F)ncc3F)CC2)nc2ncccc21. The van der Waals surface area contributed by atoms with Crippen LogP contribution >= 0.6 is 11.6 Å². The number of rotatable bonds is 6. The molecule has 176 valence electrons. The first-order chi connectivity index (χ1) is 16.5. The number of aromatic nitrogens is 5. The lowest BCUT2D eigenvalue weighted by atomic mass is 9.93. The molecule has 1 saturated heterocycles. The number of pyridine rings is 1. The van der Waals surface area contributed by atoms with E-state index in [0.717, 1.165) is 42.4 Å². The fraction of sp³-hybridized carbons (Fsp3) is 0.333. The zero-order valence-corrected chi connectivity index (χ0v) is 19.3. The highest BCUT2D eigenvalue weighted by atomic mass is 35.5. The fourth-order valence-electron chi connectivity index (χ4n) is 4.28. The van der Waals surface area contributed by atoms with Gasteiger partial charge in [-0.3, -0.25) is 0 Å². The van der Waals surface area contributed by atoms with Crippen molar-refractivity contribution < 1.29 is 13.5 Å². The molecule has 0 unspecified atom stereocenters. The fourth-order valence-corrected chi connectivity index (χ4v) is 4.44. The lowest BCUT2D eigenvalue weighted by Gasteiger charge is -2.32. The summed E-state index contributed by atoms with van der Waals surface area (Å²) >= 11 is 5.78. The van der Waals surface area contributed by atoms with Crippen LogP contribution in [-0.2, 0) is 20.1 Å². The summed E-state index contributed by atoms with van der Waals surface area (Å²) in [7, 11) is 2.01. The van der Waals surface area contributed by atoms with Crippen molar-refractivity contribution in [2.24, 2.45) is 13.0 Å². The van der Waals surface area contributed by atoms with Gasteiger partial charge < -0.3 is 14.2 Å². The number of aryl methyl sites for hydroxylation is 1. The number of fused-ring (bicyclic) bond motifs is 1. The topological polar surface area (TPSA) is 69.0 Å². The van der Waals surface area contributed by atoms with Crippen molar-refractivity contribution >= 4 is 28.6 Å². The Morgan fingerprint density at radius 1 is 1.09 bits per heavy atom. The summed E-state index contributed by atoms with van der Waals surface area (Å²) < 4.78 is 36.1. The Morgan fingerprint density at radius 3 is 2.68 bits per heavy atom. The van der Waals surface area contributed by atoms with Gasteiger partial charge in [0.05, 0.1) is 11.7 Å². The second-order valence-electron chi connectivity index (χ2n) is 8.42. The highest BCUT2D eigenvalue weighted by Crippen LogP contribution is 2.28. The molecule has 5 rings (SSSR count). The molecule has 3 aromatic heterocycles. The number of hydrogen-bond donors (Lipinski definition) is 0. The minimum absolute atomic E-state index is 0.0000684. The molecule has 0 atom stereocenters. The number of imidazole rings is 1. The molecule has 1 aliphatic heterocycles. The van der Waals surface area contributed by atoms with Crippen molar-refractivity contribution in [1.82, 2.24) is 24.5 Å². The number of hydrogen-bond acceptors (Lipinski definition) is 6. The largest absolute Gasteiger partial charge is 0.458 e. The minimum Gasteiger partial charge on any atom is -0.458 e. The molecule has 1 fully saturated rings. The quantitative estimate of drug-likeness (QED) is 0.394. The highest BCUT2D eigenvalue weighted by Gasteiger charge is 2.25. The van der Waals surface area contributed by atoms with E-state index in [9.17, 15) is 8.78 Å². The van der Waals surface area contributed by atoms with Crippen LogP contribution in [0.1, 0.15) is 24.2 Å². The number of ether oxygens (including phenoxy) is 1. The minimum atomic E-state index is -0.509. The van der Waals surface area contributed by atoms with E-state index in [4.69, 9.17) is 16.3 Å². The standard InChI is InChI=1S/C24H23ClF2N6O/c1-32-20-3-2-8-28-22(20)30-21(32)11-15-6-9-33(10-7-15)23-19(27)13-29-24(31-23)34-14-16-4-5-17(25)12-18(16)26/h2-5,8,12-13,15H,6-7,9-11,14H2,1H3. The predicted molar refractivity (Wildman–Crippen MR) is 125 cm³/mol. The molecule has 0 spiro atoms. The Morgan fingerprint density at radius 2 is 1.91 bits per heavy atom. The van der Waals surface area contributed by atoms with Crippen molar-refractivity contribution in [3.63, 3.8) is 0 Å². The maximum absolute atomic E-state index is 14.5. The van der Waals surface area contributed by atoms with Gasteiger partial charge in [-0.15, -0.1) is 0 Å². The molecule has 0 aliphatic carbocycles. The van der Waals surface area contributed by atoms with Crippen LogP contribution in [0.4, 0.5) is 14.6 Å². The van der Waals surface area contributed by atoms with Crippen molar-refractivity contribution in [3.05, 3.63) is 70.8 Å². The van der Waals surface area contributed by atoms with Gasteiger partial charge in [-0.2, -0.15) is 4.98 Å². The Bertz CT molecular complexity index is 1320. The maximum Gasteiger partial charge on any atom is 0.318 e. The maximum atomic E-state index is 14.5. The molecule has 1 aromatic carbocycles. The van der Waals surface area contributed by atoms with Gasteiger partial charge in [0.25, 0.3) is 0 Å². The Kier molecular flexibility index (Phi) is 6.28. The summed E-state index contributed by atoms with van der Waals surface area (Å²) in [6, 6.07) is 8.25. The number of benzene rings is 1. The monoisotopic (exact) mass is 484 g/mol. The van der Waals surface area contributed by atoms with Crippen molar-refractivity contribution in [2.45, 2.75) is 25.9 Å². The van der Waals surface area contributed by atoms with Crippen molar-refractivity contribution in [3.8, 4) is 6.01 Å². The van der Waals surface area contributed by atoms with E-state index in [1.807, 2.05) is 24.1 Å². The average molecular weight is 485 g/mol. The lowest BCUT2D eigenvalue weighted by Crippen LogP contribution is -2.35. The number of anilines is 1. The molecule has 7 nitrogen and oxygen atoms in total. The summed E-state index contributed by atoms with van der Waals surface area (Å²) in [4.78, 5) is 19.1. The summed E-state index contributed by atoms with van der Waals surface area (Å²) in [6.45, 7) is 1.24. The van der Waals surface area contributed by atoms with Crippen LogP contribution in [0, 0.1) is 17.6 Å². The molecule has 0 saturated carbocycles. The third kappa shape index (κ3) is 4.65. The molecule has 10 heteroatoms. The Balaban J connectivity index is 1.22. The molecule has 0 N–H and O–H groups in total.